The highest BCUT2D eigenvalue weighted by molar-refractivity contribution is 8.16. The van der Waals surface area contributed by atoms with Gasteiger partial charge < -0.3 is 5.32 Å². The SMILES string of the molecule is O=C(CC1S/C(=N/S(=O)(=O)c2ccc(Cl)s2)N(C2CCCCC2)C1=O)Nc1ccccc1. The van der Waals surface area contributed by atoms with Crippen LogP contribution in [0.2, 0.25) is 4.34 Å². The van der Waals surface area contributed by atoms with Crippen LogP contribution >= 0.6 is 34.7 Å². The van der Waals surface area contributed by atoms with Gasteiger partial charge in [0.2, 0.25) is 11.8 Å². The molecule has 11 heteroatoms. The number of benzene rings is 1. The predicted octanol–water partition coefficient (Wildman–Crippen LogP) is 4.75. The fraction of sp³-hybridized carbons (Fsp3) is 0.381. The van der Waals surface area contributed by atoms with Crippen LogP contribution in [0, 0.1) is 0 Å². The highest BCUT2D eigenvalue weighted by Crippen LogP contribution is 2.37. The molecule has 1 aromatic carbocycles. The Balaban J connectivity index is 1.57. The number of rotatable bonds is 6. The number of carbonyl (C=O) groups excluding carboxylic acids is 2. The number of sulfonamides is 1. The second-order valence-electron chi connectivity index (χ2n) is 7.63. The zero-order chi connectivity index (χ0) is 22.7. The quantitative estimate of drug-likeness (QED) is 0.603. The standard InChI is InChI=1S/C21H22ClN3O4S3/c22-17-11-12-19(31-17)32(28,29)24-21-25(15-9-5-2-6-10-15)20(27)16(30-21)13-18(26)23-14-7-3-1-4-8-14/h1,3-4,7-8,11-12,15-16H,2,5-6,9-10,13H2,(H,23,26)/b24-21+. The molecule has 7 nitrogen and oxygen atoms in total. The molecule has 32 heavy (non-hydrogen) atoms. The van der Waals surface area contributed by atoms with Gasteiger partial charge in [0.25, 0.3) is 10.0 Å². The molecule has 1 aromatic heterocycles. The first-order valence-corrected chi connectivity index (χ1v) is 13.8. The number of anilines is 1. The van der Waals surface area contributed by atoms with Crippen molar-refractivity contribution in [3.05, 3.63) is 46.8 Å². The maximum Gasteiger partial charge on any atom is 0.294 e. The number of amidine groups is 1. The minimum atomic E-state index is -4.01. The summed E-state index contributed by atoms with van der Waals surface area (Å²) in [6, 6.07) is 11.8. The van der Waals surface area contributed by atoms with Crippen molar-refractivity contribution in [1.29, 1.82) is 0 Å². The molecule has 0 radical (unpaired) electrons. The van der Waals surface area contributed by atoms with Crippen molar-refractivity contribution in [1.82, 2.24) is 4.90 Å². The summed E-state index contributed by atoms with van der Waals surface area (Å²) in [7, 11) is -4.01. The van der Waals surface area contributed by atoms with Crippen LogP contribution in [-0.2, 0) is 19.6 Å². The van der Waals surface area contributed by atoms with Gasteiger partial charge in [-0.1, -0.05) is 60.8 Å². The Hall–Kier alpha value is -1.88. The minimum absolute atomic E-state index is 0.0249. The number of thiophene rings is 1. The van der Waals surface area contributed by atoms with Crippen molar-refractivity contribution < 1.29 is 18.0 Å². The van der Waals surface area contributed by atoms with E-state index in [0.717, 1.165) is 55.2 Å². The van der Waals surface area contributed by atoms with Crippen LogP contribution in [-0.4, -0.2) is 41.6 Å². The molecule has 0 spiro atoms. The first kappa shape index (κ1) is 23.3. The lowest BCUT2D eigenvalue weighted by molar-refractivity contribution is -0.130. The number of thioether (sulfide) groups is 1. The monoisotopic (exact) mass is 511 g/mol. The summed E-state index contributed by atoms with van der Waals surface area (Å²) in [5, 5.41) is 2.20. The number of nitrogens with one attached hydrogen (secondary N) is 1. The third kappa shape index (κ3) is 5.36. The molecule has 2 amide bonds. The van der Waals surface area contributed by atoms with E-state index in [0.29, 0.717) is 10.0 Å². The first-order chi connectivity index (χ1) is 15.3. The lowest BCUT2D eigenvalue weighted by Crippen LogP contribution is -2.42. The largest absolute Gasteiger partial charge is 0.326 e. The Morgan fingerprint density at radius 2 is 1.84 bits per heavy atom. The molecule has 1 aliphatic heterocycles. The average Bonchev–Trinajstić information content (AvgIpc) is 3.33. The van der Waals surface area contributed by atoms with Crippen molar-refractivity contribution in [3.63, 3.8) is 0 Å². The summed E-state index contributed by atoms with van der Waals surface area (Å²) >= 11 is 7.86. The smallest absolute Gasteiger partial charge is 0.294 e. The van der Waals surface area contributed by atoms with Crippen LogP contribution in [0.4, 0.5) is 5.69 Å². The normalized spacial score (nSPS) is 21.3. The Morgan fingerprint density at radius 3 is 2.50 bits per heavy atom. The summed E-state index contributed by atoms with van der Waals surface area (Å²) in [5.74, 6) is -0.567. The molecule has 4 rings (SSSR count). The summed E-state index contributed by atoms with van der Waals surface area (Å²) in [6.45, 7) is 0. The number of para-hydroxylation sites is 1. The number of halogens is 1. The molecule has 2 heterocycles. The Kier molecular flexibility index (Phi) is 7.24. The zero-order valence-corrected chi connectivity index (χ0v) is 20.3. The van der Waals surface area contributed by atoms with Gasteiger partial charge in [-0.25, -0.2) is 0 Å². The summed E-state index contributed by atoms with van der Waals surface area (Å²) in [5.41, 5.74) is 0.642. The molecule has 2 aromatic rings. The summed E-state index contributed by atoms with van der Waals surface area (Å²) < 4.78 is 30.1. The van der Waals surface area contributed by atoms with Gasteiger partial charge in [0.05, 0.1) is 4.34 Å². The molecule has 2 fully saturated rings. The molecule has 0 bridgehead atoms. The second-order valence-corrected chi connectivity index (χ2v) is 12.3. The maximum atomic E-state index is 13.3. The highest BCUT2D eigenvalue weighted by Gasteiger charge is 2.43. The fourth-order valence-corrected chi connectivity index (χ4v) is 7.70. The van der Waals surface area contributed by atoms with Gasteiger partial charge in [0, 0.05) is 18.2 Å². The van der Waals surface area contributed by atoms with Crippen LogP contribution in [0.15, 0.2) is 51.1 Å². The van der Waals surface area contributed by atoms with Crippen molar-refractivity contribution in [2.24, 2.45) is 4.40 Å². The predicted molar refractivity (Wildman–Crippen MR) is 129 cm³/mol. The first-order valence-electron chi connectivity index (χ1n) is 10.3. The maximum absolute atomic E-state index is 13.3. The van der Waals surface area contributed by atoms with Crippen molar-refractivity contribution in [3.8, 4) is 0 Å². The number of hydrogen-bond acceptors (Lipinski definition) is 6. The molecule has 1 atom stereocenters. The Bertz CT molecular complexity index is 1130. The second kappa shape index (κ2) is 9.94. The lowest BCUT2D eigenvalue weighted by atomic mass is 9.94. The van der Waals surface area contributed by atoms with E-state index < -0.39 is 15.3 Å². The number of nitrogens with zero attached hydrogens (tertiary/aromatic N) is 2. The third-order valence-electron chi connectivity index (χ3n) is 5.34. The van der Waals surface area contributed by atoms with Gasteiger partial charge in [-0.2, -0.15) is 8.42 Å². The van der Waals surface area contributed by atoms with Crippen molar-refractivity contribution in [2.75, 3.05) is 5.32 Å². The fourth-order valence-electron chi connectivity index (χ4n) is 3.84. The molecular formula is C21H22ClN3O4S3. The summed E-state index contributed by atoms with van der Waals surface area (Å²) in [4.78, 5) is 27.3. The molecule has 1 N–H and O–H groups in total. The van der Waals surface area contributed by atoms with E-state index in [1.165, 1.54) is 17.0 Å². The Morgan fingerprint density at radius 1 is 1.12 bits per heavy atom. The van der Waals surface area contributed by atoms with Crippen LogP contribution in [0.1, 0.15) is 38.5 Å². The van der Waals surface area contributed by atoms with Crippen LogP contribution < -0.4 is 5.32 Å². The number of carbonyl (C=O) groups is 2. The van der Waals surface area contributed by atoms with Gasteiger partial charge in [-0.3, -0.25) is 14.5 Å². The molecule has 170 valence electrons. The lowest BCUT2D eigenvalue weighted by Gasteiger charge is -2.30. The van der Waals surface area contributed by atoms with E-state index in [9.17, 15) is 18.0 Å². The van der Waals surface area contributed by atoms with Crippen LogP contribution in [0.3, 0.4) is 0 Å². The molecule has 1 saturated heterocycles. The molecule has 1 aliphatic carbocycles. The van der Waals surface area contributed by atoms with Crippen molar-refractivity contribution in [2.45, 2.75) is 54.0 Å². The molecule has 1 saturated carbocycles. The van der Waals surface area contributed by atoms with Gasteiger partial charge in [-0.15, -0.1) is 15.7 Å². The molecule has 2 aliphatic rings. The van der Waals surface area contributed by atoms with E-state index in [2.05, 4.69) is 9.71 Å². The average molecular weight is 512 g/mol. The van der Waals surface area contributed by atoms with Crippen molar-refractivity contribution >= 4 is 67.4 Å². The topological polar surface area (TPSA) is 95.9 Å². The minimum Gasteiger partial charge on any atom is -0.326 e. The van der Waals surface area contributed by atoms with E-state index in [-0.39, 0.29) is 33.7 Å². The van der Waals surface area contributed by atoms with E-state index >= 15 is 0 Å². The number of hydrogen-bond donors (Lipinski definition) is 1. The summed E-state index contributed by atoms with van der Waals surface area (Å²) in [6.07, 6.45) is 4.55. The van der Waals surface area contributed by atoms with Gasteiger partial charge in [0.1, 0.15) is 9.46 Å². The third-order valence-corrected chi connectivity index (χ3v) is 9.57. The molecular weight excluding hydrogens is 490 g/mol. The highest BCUT2D eigenvalue weighted by atomic mass is 35.5. The van der Waals surface area contributed by atoms with Gasteiger partial charge in [-0.05, 0) is 37.1 Å². The van der Waals surface area contributed by atoms with E-state index in [4.69, 9.17) is 11.6 Å². The van der Waals surface area contributed by atoms with Crippen LogP contribution in [0.25, 0.3) is 0 Å². The number of amides is 2. The van der Waals surface area contributed by atoms with Gasteiger partial charge >= 0.3 is 0 Å². The van der Waals surface area contributed by atoms with Gasteiger partial charge in [0.15, 0.2) is 5.17 Å². The van der Waals surface area contributed by atoms with E-state index in [1.807, 2.05) is 18.2 Å². The van der Waals surface area contributed by atoms with Crippen LogP contribution in [0.5, 0.6) is 0 Å². The van der Waals surface area contributed by atoms with E-state index in [1.54, 1.807) is 12.1 Å². The zero-order valence-electron chi connectivity index (χ0n) is 17.1. The Labute approximate surface area is 200 Å². The molecule has 1 unspecified atom stereocenters.